The lowest BCUT2D eigenvalue weighted by Crippen LogP contribution is -2.15. The minimum absolute atomic E-state index is 0.304. The molecule has 92 valence electrons. The second-order valence-corrected chi connectivity index (χ2v) is 4.66. The molecule has 16 heavy (non-hydrogen) atoms. The second kappa shape index (κ2) is 5.99. The maximum Gasteiger partial charge on any atom is 0.135 e. The monoisotopic (exact) mass is 224 g/mol. The maximum absolute atomic E-state index is 5.74. The van der Waals surface area contributed by atoms with Crippen molar-refractivity contribution in [1.29, 1.82) is 0 Å². The first-order valence-corrected chi connectivity index (χ1v) is 6.21. The van der Waals surface area contributed by atoms with Crippen molar-refractivity contribution in [3.63, 3.8) is 0 Å². The molecule has 1 heterocycles. The molecule has 1 aromatic rings. The van der Waals surface area contributed by atoms with Gasteiger partial charge in [-0.05, 0) is 33.6 Å². The van der Waals surface area contributed by atoms with Crippen molar-refractivity contribution in [2.24, 2.45) is 5.73 Å². The summed E-state index contributed by atoms with van der Waals surface area (Å²) in [6.45, 7) is 9.37. The molecule has 0 spiro atoms. The SMILES string of the molecule is CCn1c(C)nnc1C(C)CCCC(C)N. The van der Waals surface area contributed by atoms with Gasteiger partial charge in [0.2, 0.25) is 0 Å². The van der Waals surface area contributed by atoms with E-state index in [-0.39, 0.29) is 0 Å². The van der Waals surface area contributed by atoms with Gasteiger partial charge in [0.25, 0.3) is 0 Å². The Morgan fingerprint density at radius 3 is 2.50 bits per heavy atom. The van der Waals surface area contributed by atoms with Crippen LogP contribution in [0.4, 0.5) is 0 Å². The molecule has 0 saturated heterocycles. The van der Waals surface area contributed by atoms with Gasteiger partial charge in [-0.2, -0.15) is 0 Å². The Labute approximate surface area is 98.2 Å². The van der Waals surface area contributed by atoms with Crippen molar-refractivity contribution in [2.75, 3.05) is 0 Å². The highest BCUT2D eigenvalue weighted by atomic mass is 15.3. The van der Waals surface area contributed by atoms with Gasteiger partial charge in [0.1, 0.15) is 11.6 Å². The largest absolute Gasteiger partial charge is 0.328 e. The van der Waals surface area contributed by atoms with E-state index in [4.69, 9.17) is 5.73 Å². The third-order valence-electron chi connectivity index (χ3n) is 3.02. The van der Waals surface area contributed by atoms with Crippen LogP contribution in [-0.4, -0.2) is 20.8 Å². The van der Waals surface area contributed by atoms with Crippen molar-refractivity contribution < 1.29 is 0 Å². The average Bonchev–Trinajstić information content (AvgIpc) is 2.58. The molecule has 2 atom stereocenters. The zero-order valence-electron chi connectivity index (χ0n) is 10.9. The first kappa shape index (κ1) is 13.2. The van der Waals surface area contributed by atoms with Crippen LogP contribution < -0.4 is 5.73 Å². The van der Waals surface area contributed by atoms with Gasteiger partial charge in [-0.3, -0.25) is 0 Å². The number of aryl methyl sites for hydroxylation is 1. The summed E-state index contributed by atoms with van der Waals surface area (Å²) in [5, 5.41) is 8.41. The van der Waals surface area contributed by atoms with Crippen LogP contribution in [0.3, 0.4) is 0 Å². The van der Waals surface area contributed by atoms with Crippen LogP contribution >= 0.6 is 0 Å². The highest BCUT2D eigenvalue weighted by Crippen LogP contribution is 2.20. The molecular weight excluding hydrogens is 200 g/mol. The van der Waals surface area contributed by atoms with E-state index < -0.39 is 0 Å². The molecule has 1 aromatic heterocycles. The number of nitrogens with zero attached hydrogens (tertiary/aromatic N) is 3. The third-order valence-corrected chi connectivity index (χ3v) is 3.02. The molecule has 0 aliphatic rings. The fraction of sp³-hybridized carbons (Fsp3) is 0.833. The first-order chi connectivity index (χ1) is 7.56. The van der Waals surface area contributed by atoms with Crippen molar-refractivity contribution >= 4 is 0 Å². The molecule has 1 rings (SSSR count). The van der Waals surface area contributed by atoms with Crippen molar-refractivity contribution in [3.05, 3.63) is 11.6 Å². The Morgan fingerprint density at radius 1 is 1.25 bits per heavy atom. The Bertz CT molecular complexity index is 317. The number of rotatable bonds is 6. The van der Waals surface area contributed by atoms with Gasteiger partial charge < -0.3 is 10.3 Å². The second-order valence-electron chi connectivity index (χ2n) is 4.66. The predicted octanol–water partition coefficient (Wildman–Crippen LogP) is 2.23. The minimum Gasteiger partial charge on any atom is -0.328 e. The molecule has 0 aromatic carbocycles. The lowest BCUT2D eigenvalue weighted by atomic mass is 10.0. The molecule has 4 nitrogen and oxygen atoms in total. The molecule has 0 radical (unpaired) electrons. The van der Waals surface area contributed by atoms with E-state index in [1.54, 1.807) is 0 Å². The molecule has 4 heteroatoms. The molecule has 2 N–H and O–H groups in total. The third kappa shape index (κ3) is 3.30. The van der Waals surface area contributed by atoms with Crippen molar-refractivity contribution in [1.82, 2.24) is 14.8 Å². The molecule has 0 saturated carbocycles. The van der Waals surface area contributed by atoms with Gasteiger partial charge in [0.15, 0.2) is 0 Å². The van der Waals surface area contributed by atoms with E-state index in [0.29, 0.717) is 12.0 Å². The Hall–Kier alpha value is -0.900. The lowest BCUT2D eigenvalue weighted by Gasteiger charge is -2.13. The summed E-state index contributed by atoms with van der Waals surface area (Å²) in [4.78, 5) is 0. The van der Waals surface area contributed by atoms with E-state index >= 15 is 0 Å². The van der Waals surface area contributed by atoms with Gasteiger partial charge in [-0.1, -0.05) is 13.3 Å². The lowest BCUT2D eigenvalue weighted by molar-refractivity contribution is 0.523. The summed E-state index contributed by atoms with van der Waals surface area (Å²) in [7, 11) is 0. The Morgan fingerprint density at radius 2 is 1.94 bits per heavy atom. The van der Waals surface area contributed by atoms with Gasteiger partial charge in [0, 0.05) is 18.5 Å². The molecular formula is C12H24N4. The summed E-state index contributed by atoms with van der Waals surface area (Å²) in [5.74, 6) is 2.60. The van der Waals surface area contributed by atoms with Crippen molar-refractivity contribution in [2.45, 2.75) is 65.5 Å². The van der Waals surface area contributed by atoms with Crippen molar-refractivity contribution in [3.8, 4) is 0 Å². The van der Waals surface area contributed by atoms with Crippen LogP contribution in [0.25, 0.3) is 0 Å². The topological polar surface area (TPSA) is 56.7 Å². The van der Waals surface area contributed by atoms with E-state index in [0.717, 1.165) is 37.5 Å². The molecule has 0 bridgehead atoms. The van der Waals surface area contributed by atoms with E-state index in [9.17, 15) is 0 Å². The molecule has 2 unspecified atom stereocenters. The molecule has 0 fully saturated rings. The maximum atomic E-state index is 5.74. The smallest absolute Gasteiger partial charge is 0.135 e. The van der Waals surface area contributed by atoms with Crippen LogP contribution in [0, 0.1) is 6.92 Å². The van der Waals surface area contributed by atoms with Crippen LogP contribution in [0.15, 0.2) is 0 Å². The average molecular weight is 224 g/mol. The van der Waals surface area contributed by atoms with Crippen LogP contribution in [0.2, 0.25) is 0 Å². The number of aromatic nitrogens is 3. The highest BCUT2D eigenvalue weighted by molar-refractivity contribution is 4.99. The van der Waals surface area contributed by atoms with E-state index in [1.807, 2.05) is 6.92 Å². The Kier molecular flexibility index (Phi) is 4.93. The quantitative estimate of drug-likeness (QED) is 0.806. The number of hydrogen-bond acceptors (Lipinski definition) is 3. The summed E-state index contributed by atoms with van der Waals surface area (Å²) in [6, 6.07) is 0.304. The summed E-state index contributed by atoms with van der Waals surface area (Å²) in [5.41, 5.74) is 5.74. The zero-order chi connectivity index (χ0) is 12.1. The van der Waals surface area contributed by atoms with Gasteiger partial charge in [-0.15, -0.1) is 10.2 Å². The molecule has 0 aliphatic carbocycles. The van der Waals surface area contributed by atoms with Crippen LogP contribution in [-0.2, 0) is 6.54 Å². The highest BCUT2D eigenvalue weighted by Gasteiger charge is 2.14. The minimum atomic E-state index is 0.304. The van der Waals surface area contributed by atoms with Gasteiger partial charge >= 0.3 is 0 Å². The van der Waals surface area contributed by atoms with Gasteiger partial charge in [0.05, 0.1) is 0 Å². The summed E-state index contributed by atoms with van der Waals surface area (Å²) in [6.07, 6.45) is 3.39. The summed E-state index contributed by atoms with van der Waals surface area (Å²) < 4.78 is 2.19. The standard InChI is InChI=1S/C12H24N4/c1-5-16-11(4)14-15-12(16)9(2)7-6-8-10(3)13/h9-10H,5-8,13H2,1-4H3. The fourth-order valence-electron chi connectivity index (χ4n) is 2.03. The molecule has 0 aliphatic heterocycles. The first-order valence-electron chi connectivity index (χ1n) is 6.21. The number of nitrogens with two attached hydrogens (primary N) is 1. The normalized spacial score (nSPS) is 15.1. The van der Waals surface area contributed by atoms with Crippen LogP contribution in [0.1, 0.15) is 57.6 Å². The predicted molar refractivity (Wildman–Crippen MR) is 66.3 cm³/mol. The molecule has 0 amide bonds. The van der Waals surface area contributed by atoms with E-state index in [2.05, 4.69) is 35.5 Å². The van der Waals surface area contributed by atoms with E-state index in [1.165, 1.54) is 0 Å². The Balaban J connectivity index is 2.55. The zero-order valence-corrected chi connectivity index (χ0v) is 10.9. The van der Waals surface area contributed by atoms with Crippen LogP contribution in [0.5, 0.6) is 0 Å². The summed E-state index contributed by atoms with van der Waals surface area (Å²) >= 11 is 0. The fourth-order valence-corrected chi connectivity index (χ4v) is 2.03. The van der Waals surface area contributed by atoms with Gasteiger partial charge in [-0.25, -0.2) is 0 Å². The number of hydrogen-bond donors (Lipinski definition) is 1.